The predicted octanol–water partition coefficient (Wildman–Crippen LogP) is -0.621. The summed E-state index contributed by atoms with van der Waals surface area (Å²) in [7, 11) is 0. The van der Waals surface area contributed by atoms with Crippen LogP contribution in [0.2, 0.25) is 0 Å². The predicted molar refractivity (Wildman–Crippen MR) is 80.3 cm³/mol. The Morgan fingerprint density at radius 3 is 2.48 bits per heavy atom. The van der Waals surface area contributed by atoms with Crippen molar-refractivity contribution in [2.24, 2.45) is 27.2 Å². The molecule has 0 radical (unpaired) electrons. The Hall–Kier alpha value is -2.61. The van der Waals surface area contributed by atoms with Crippen LogP contribution in [0, 0.1) is 0 Å². The van der Waals surface area contributed by atoms with Crippen molar-refractivity contribution in [3.05, 3.63) is 29.8 Å². The first-order valence-corrected chi connectivity index (χ1v) is 6.48. The largest absolute Gasteiger partial charge is 0.378 e. The van der Waals surface area contributed by atoms with E-state index in [2.05, 4.69) is 9.98 Å². The molecule has 1 saturated heterocycles. The van der Waals surface area contributed by atoms with E-state index in [-0.39, 0.29) is 17.8 Å². The number of hydrogen-bond donors (Lipinski definition) is 3. The fraction of sp³-hybridized carbons (Fsp3) is 0.308. The number of guanidine groups is 2. The van der Waals surface area contributed by atoms with E-state index in [1.807, 2.05) is 0 Å². The van der Waals surface area contributed by atoms with Gasteiger partial charge < -0.3 is 26.8 Å². The monoisotopic (exact) mass is 290 g/mol. The molecule has 1 heterocycles. The van der Waals surface area contributed by atoms with Crippen LogP contribution >= 0.6 is 0 Å². The molecule has 0 aliphatic carbocycles. The lowest BCUT2D eigenvalue weighted by atomic mass is 10.1. The highest BCUT2D eigenvalue weighted by molar-refractivity contribution is 6.01. The van der Waals surface area contributed by atoms with Crippen LogP contribution < -0.4 is 17.2 Å². The van der Waals surface area contributed by atoms with Gasteiger partial charge in [-0.25, -0.2) is 4.99 Å². The highest BCUT2D eigenvalue weighted by Crippen LogP contribution is 2.21. The average Bonchev–Trinajstić information content (AvgIpc) is 2.47. The summed E-state index contributed by atoms with van der Waals surface area (Å²) >= 11 is 0. The molecule has 0 spiro atoms. The third-order valence-corrected chi connectivity index (χ3v) is 2.91. The van der Waals surface area contributed by atoms with Gasteiger partial charge in [-0.1, -0.05) is 12.1 Å². The zero-order valence-corrected chi connectivity index (χ0v) is 11.5. The molecule has 0 unspecified atom stereocenters. The molecule has 1 fully saturated rings. The Bertz CT molecular complexity index is 574. The van der Waals surface area contributed by atoms with E-state index in [4.69, 9.17) is 21.9 Å². The van der Waals surface area contributed by atoms with Crippen molar-refractivity contribution in [1.82, 2.24) is 4.90 Å². The quantitative estimate of drug-likeness (QED) is 0.493. The number of nitrogens with two attached hydrogens (primary N) is 3. The van der Waals surface area contributed by atoms with Crippen LogP contribution in [0.15, 0.2) is 34.3 Å². The lowest BCUT2D eigenvalue weighted by molar-refractivity contribution is 0.0303. The molecule has 0 saturated carbocycles. The summed E-state index contributed by atoms with van der Waals surface area (Å²) in [4.78, 5) is 21.9. The third-order valence-electron chi connectivity index (χ3n) is 2.91. The van der Waals surface area contributed by atoms with Gasteiger partial charge in [0, 0.05) is 13.1 Å². The second-order valence-corrected chi connectivity index (χ2v) is 4.43. The Morgan fingerprint density at radius 2 is 1.81 bits per heavy atom. The number of ether oxygens (including phenoxy) is 1. The Morgan fingerprint density at radius 1 is 1.14 bits per heavy atom. The number of morpholine rings is 1. The molecule has 2 rings (SSSR count). The molecule has 0 bridgehead atoms. The second-order valence-electron chi connectivity index (χ2n) is 4.43. The standard InChI is InChI=1S/C13H18N6O2/c14-12(15)18-13(16)17-10-4-2-1-3-9(10)11(20)19-5-7-21-8-6-19/h1-4H,5-8H2,(H6,14,15,16,17,18). The van der Waals surface area contributed by atoms with E-state index in [9.17, 15) is 4.79 Å². The number of aliphatic imine (C=N–C) groups is 2. The van der Waals surface area contributed by atoms with Gasteiger partial charge in [0.25, 0.3) is 5.91 Å². The van der Waals surface area contributed by atoms with Crippen LogP contribution in [-0.2, 0) is 4.74 Å². The van der Waals surface area contributed by atoms with E-state index in [1.165, 1.54) is 0 Å². The van der Waals surface area contributed by atoms with Crippen LogP contribution in [-0.4, -0.2) is 49.0 Å². The average molecular weight is 290 g/mol. The molecular weight excluding hydrogens is 272 g/mol. The first-order chi connectivity index (χ1) is 10.1. The van der Waals surface area contributed by atoms with Gasteiger partial charge in [-0.2, -0.15) is 4.99 Å². The molecule has 0 aromatic heterocycles. The highest BCUT2D eigenvalue weighted by atomic mass is 16.5. The maximum Gasteiger partial charge on any atom is 0.256 e. The first kappa shape index (κ1) is 14.8. The minimum atomic E-state index is -0.187. The highest BCUT2D eigenvalue weighted by Gasteiger charge is 2.20. The lowest BCUT2D eigenvalue weighted by Gasteiger charge is -2.27. The van der Waals surface area contributed by atoms with Gasteiger partial charge in [-0.15, -0.1) is 0 Å². The van der Waals surface area contributed by atoms with Crippen molar-refractivity contribution in [2.75, 3.05) is 26.3 Å². The first-order valence-electron chi connectivity index (χ1n) is 6.48. The number of hydrogen-bond acceptors (Lipinski definition) is 3. The Labute approximate surface area is 122 Å². The maximum absolute atomic E-state index is 12.5. The van der Waals surface area contributed by atoms with E-state index >= 15 is 0 Å². The van der Waals surface area contributed by atoms with Gasteiger partial charge in [-0.3, -0.25) is 4.79 Å². The molecule has 21 heavy (non-hydrogen) atoms. The van der Waals surface area contributed by atoms with Gasteiger partial charge >= 0.3 is 0 Å². The van der Waals surface area contributed by atoms with Gasteiger partial charge in [0.15, 0.2) is 5.96 Å². The molecule has 112 valence electrons. The van der Waals surface area contributed by atoms with E-state index < -0.39 is 0 Å². The third kappa shape index (κ3) is 3.93. The zero-order valence-electron chi connectivity index (χ0n) is 11.5. The van der Waals surface area contributed by atoms with Gasteiger partial charge in [-0.05, 0) is 12.1 Å². The van der Waals surface area contributed by atoms with E-state index in [1.54, 1.807) is 29.2 Å². The van der Waals surface area contributed by atoms with E-state index in [0.29, 0.717) is 37.6 Å². The normalized spacial score (nSPS) is 15.6. The van der Waals surface area contributed by atoms with E-state index in [0.717, 1.165) is 0 Å². The van der Waals surface area contributed by atoms with Crippen molar-refractivity contribution >= 4 is 23.5 Å². The SMILES string of the molecule is NC(N)=NC(N)=Nc1ccccc1C(=O)N1CCOCC1. The fourth-order valence-corrected chi connectivity index (χ4v) is 1.97. The zero-order chi connectivity index (χ0) is 15.2. The molecule has 8 nitrogen and oxygen atoms in total. The molecule has 1 aliphatic rings. The molecule has 1 amide bonds. The van der Waals surface area contributed by atoms with Crippen molar-refractivity contribution in [3.8, 4) is 0 Å². The summed E-state index contributed by atoms with van der Waals surface area (Å²) in [5.74, 6) is -0.402. The van der Waals surface area contributed by atoms with Crippen LogP contribution in [0.4, 0.5) is 5.69 Å². The number of carbonyl (C=O) groups excluding carboxylic acids is 1. The van der Waals surface area contributed by atoms with Crippen molar-refractivity contribution in [1.29, 1.82) is 0 Å². The number of nitrogens with zero attached hydrogens (tertiary/aromatic N) is 3. The van der Waals surface area contributed by atoms with Gasteiger partial charge in [0.05, 0.1) is 24.5 Å². The summed E-state index contributed by atoms with van der Waals surface area (Å²) in [5, 5.41) is 0. The molecule has 0 atom stereocenters. The summed E-state index contributed by atoms with van der Waals surface area (Å²) in [6, 6.07) is 6.91. The minimum absolute atomic E-state index is 0.0998. The molecule has 6 N–H and O–H groups in total. The van der Waals surface area contributed by atoms with Crippen LogP contribution in [0.3, 0.4) is 0 Å². The van der Waals surface area contributed by atoms with Crippen LogP contribution in [0.1, 0.15) is 10.4 Å². The van der Waals surface area contributed by atoms with Crippen LogP contribution in [0.25, 0.3) is 0 Å². The summed E-state index contributed by atoms with van der Waals surface area (Å²) in [6.07, 6.45) is 0. The van der Waals surface area contributed by atoms with Gasteiger partial charge in [0.1, 0.15) is 0 Å². The topological polar surface area (TPSA) is 132 Å². The number of para-hydroxylation sites is 1. The number of benzene rings is 1. The number of rotatable bonds is 2. The number of amides is 1. The molecule has 1 aliphatic heterocycles. The van der Waals surface area contributed by atoms with Crippen molar-refractivity contribution in [2.45, 2.75) is 0 Å². The molecule has 1 aromatic carbocycles. The van der Waals surface area contributed by atoms with Crippen molar-refractivity contribution in [3.63, 3.8) is 0 Å². The van der Waals surface area contributed by atoms with Crippen molar-refractivity contribution < 1.29 is 9.53 Å². The smallest absolute Gasteiger partial charge is 0.256 e. The maximum atomic E-state index is 12.5. The Balaban J connectivity index is 2.28. The second kappa shape index (κ2) is 6.71. The molecular formula is C13H18N6O2. The van der Waals surface area contributed by atoms with Crippen LogP contribution in [0.5, 0.6) is 0 Å². The van der Waals surface area contributed by atoms with Gasteiger partial charge in [0.2, 0.25) is 5.96 Å². The lowest BCUT2D eigenvalue weighted by Crippen LogP contribution is -2.40. The minimum Gasteiger partial charge on any atom is -0.378 e. The summed E-state index contributed by atoms with van der Waals surface area (Å²) in [5.41, 5.74) is 17.0. The Kier molecular flexibility index (Phi) is 4.72. The molecule has 8 heteroatoms. The fourth-order valence-electron chi connectivity index (χ4n) is 1.97. The number of carbonyl (C=O) groups is 1. The summed E-state index contributed by atoms with van der Waals surface area (Å²) < 4.78 is 5.24. The summed E-state index contributed by atoms with van der Waals surface area (Å²) in [6.45, 7) is 2.18. The molecule has 1 aromatic rings.